The molecule has 1 aliphatic rings. The van der Waals surface area contributed by atoms with Crippen LogP contribution < -0.4 is 4.90 Å². The summed E-state index contributed by atoms with van der Waals surface area (Å²) in [7, 11) is -3.65. The third-order valence-corrected chi connectivity index (χ3v) is 10.4. The normalized spacial score (nSPS) is 15.4. The summed E-state index contributed by atoms with van der Waals surface area (Å²) in [4.78, 5) is 7.45. The monoisotopic (exact) mass is 579 g/mol. The van der Waals surface area contributed by atoms with Crippen molar-refractivity contribution in [3.63, 3.8) is 0 Å². The second-order valence-electron chi connectivity index (χ2n) is 10.5. The highest BCUT2D eigenvalue weighted by Crippen LogP contribution is 2.38. The van der Waals surface area contributed by atoms with Crippen molar-refractivity contribution < 1.29 is 8.42 Å². The first-order valence-electron chi connectivity index (χ1n) is 12.7. The fourth-order valence-electron chi connectivity index (χ4n) is 4.67. The average molecular weight is 581 g/mol. The number of anilines is 1. The van der Waals surface area contributed by atoms with Crippen molar-refractivity contribution in [2.24, 2.45) is 0 Å². The van der Waals surface area contributed by atoms with Crippen molar-refractivity contribution in [3.8, 4) is 11.3 Å². The summed E-state index contributed by atoms with van der Waals surface area (Å²) in [5.74, 6) is 0.549. The highest BCUT2D eigenvalue weighted by Gasteiger charge is 2.34. The van der Waals surface area contributed by atoms with E-state index in [9.17, 15) is 8.42 Å². The van der Waals surface area contributed by atoms with Gasteiger partial charge in [0.15, 0.2) is 5.13 Å². The molecule has 3 aromatic rings. The Morgan fingerprint density at radius 2 is 1.46 bits per heavy atom. The molecule has 0 radical (unpaired) electrons. The molecular formula is C28H35Cl2N3O2S2. The van der Waals surface area contributed by atoms with Gasteiger partial charge in [0.1, 0.15) is 0 Å². The maximum absolute atomic E-state index is 14.1. The molecule has 4 rings (SSSR count). The van der Waals surface area contributed by atoms with Crippen LogP contribution in [-0.2, 0) is 10.0 Å². The summed E-state index contributed by atoms with van der Waals surface area (Å²) in [6.07, 6.45) is 0. The number of sulfonamides is 1. The Hall–Kier alpha value is -1.64. The summed E-state index contributed by atoms with van der Waals surface area (Å²) in [6, 6.07) is 9.59. The molecule has 37 heavy (non-hydrogen) atoms. The van der Waals surface area contributed by atoms with Crippen molar-refractivity contribution in [1.82, 2.24) is 9.29 Å². The van der Waals surface area contributed by atoms with Crippen LogP contribution in [0.1, 0.15) is 76.0 Å². The summed E-state index contributed by atoms with van der Waals surface area (Å²) < 4.78 is 29.8. The van der Waals surface area contributed by atoms with Gasteiger partial charge < -0.3 is 4.90 Å². The van der Waals surface area contributed by atoms with Crippen molar-refractivity contribution in [2.45, 2.75) is 64.2 Å². The van der Waals surface area contributed by atoms with Crippen LogP contribution in [0.3, 0.4) is 0 Å². The predicted octanol–water partition coefficient (Wildman–Crippen LogP) is 8.00. The largest absolute Gasteiger partial charge is 0.345 e. The highest BCUT2D eigenvalue weighted by molar-refractivity contribution is 7.89. The number of rotatable bonds is 7. The quantitative estimate of drug-likeness (QED) is 0.284. The Balaban J connectivity index is 1.58. The molecular weight excluding hydrogens is 545 g/mol. The molecule has 0 spiro atoms. The van der Waals surface area contributed by atoms with Gasteiger partial charge in [-0.25, -0.2) is 13.4 Å². The fourth-order valence-corrected chi connectivity index (χ4v) is 8.14. The van der Waals surface area contributed by atoms with Gasteiger partial charge in [-0.05, 0) is 52.6 Å². The van der Waals surface area contributed by atoms with Gasteiger partial charge in [0, 0.05) is 42.1 Å². The topological polar surface area (TPSA) is 53.5 Å². The number of halogens is 2. The molecule has 1 saturated heterocycles. The lowest BCUT2D eigenvalue weighted by molar-refractivity contribution is 0.383. The van der Waals surface area contributed by atoms with Gasteiger partial charge in [0.05, 0.1) is 15.6 Å². The lowest BCUT2D eigenvalue weighted by atomic mass is 9.89. The molecule has 0 bridgehead atoms. The van der Waals surface area contributed by atoms with Gasteiger partial charge in [0.2, 0.25) is 10.0 Å². The number of hydrogen-bond acceptors (Lipinski definition) is 5. The van der Waals surface area contributed by atoms with E-state index < -0.39 is 10.0 Å². The van der Waals surface area contributed by atoms with Gasteiger partial charge in [-0.3, -0.25) is 0 Å². The molecule has 2 heterocycles. The molecule has 5 nitrogen and oxygen atoms in total. The van der Waals surface area contributed by atoms with E-state index in [0.717, 1.165) is 27.5 Å². The first-order chi connectivity index (χ1) is 17.4. The molecule has 1 aromatic heterocycles. The summed E-state index contributed by atoms with van der Waals surface area (Å²) in [6.45, 7) is 14.6. The summed E-state index contributed by atoms with van der Waals surface area (Å²) in [5, 5.41) is 3.99. The summed E-state index contributed by atoms with van der Waals surface area (Å²) >= 11 is 14.0. The van der Waals surface area contributed by atoms with E-state index in [2.05, 4.69) is 58.6 Å². The number of aromatic nitrogens is 1. The summed E-state index contributed by atoms with van der Waals surface area (Å²) in [5.41, 5.74) is 4.66. The molecule has 2 aromatic carbocycles. The zero-order valence-corrected chi connectivity index (χ0v) is 25.4. The van der Waals surface area contributed by atoms with E-state index in [-0.39, 0.29) is 11.8 Å². The highest BCUT2D eigenvalue weighted by atomic mass is 35.5. The van der Waals surface area contributed by atoms with Crippen LogP contribution >= 0.6 is 34.5 Å². The van der Waals surface area contributed by atoms with Crippen molar-refractivity contribution in [3.05, 3.63) is 62.4 Å². The first-order valence-corrected chi connectivity index (χ1v) is 15.8. The average Bonchev–Trinajstić information content (AvgIpc) is 3.33. The lowest BCUT2D eigenvalue weighted by Gasteiger charge is -2.35. The van der Waals surface area contributed by atoms with Crippen LogP contribution in [0.15, 0.2) is 40.6 Å². The Morgan fingerprint density at radius 1 is 0.865 bits per heavy atom. The lowest BCUT2D eigenvalue weighted by Crippen LogP contribution is -2.49. The van der Waals surface area contributed by atoms with Gasteiger partial charge >= 0.3 is 0 Å². The molecule has 9 heteroatoms. The molecule has 1 fully saturated rings. The van der Waals surface area contributed by atoms with Crippen molar-refractivity contribution in [2.75, 3.05) is 31.1 Å². The third kappa shape index (κ3) is 5.86. The smallest absolute Gasteiger partial charge is 0.243 e. The number of benzene rings is 2. The van der Waals surface area contributed by atoms with Gasteiger partial charge in [-0.2, -0.15) is 4.31 Å². The minimum atomic E-state index is -3.65. The molecule has 200 valence electrons. The zero-order valence-electron chi connectivity index (χ0n) is 22.3. The SMILES string of the molecule is CC(C)c1cc(C(C)C)c(S(=O)(=O)N2CCN(c3nc(-c4ccc(Cl)cc4Cl)cs3)CC2)c(C(C)C)c1. The van der Waals surface area contributed by atoms with Crippen LogP contribution in [0.2, 0.25) is 10.0 Å². The fraction of sp³-hybridized carbons (Fsp3) is 0.464. The molecule has 0 saturated carbocycles. The predicted molar refractivity (Wildman–Crippen MR) is 157 cm³/mol. The second-order valence-corrected chi connectivity index (χ2v) is 14.1. The molecule has 0 unspecified atom stereocenters. The number of thiazole rings is 1. The Kier molecular flexibility index (Phi) is 8.61. The van der Waals surface area contributed by atoms with Crippen LogP contribution in [-0.4, -0.2) is 43.9 Å². The van der Waals surface area contributed by atoms with Crippen molar-refractivity contribution in [1.29, 1.82) is 0 Å². The third-order valence-electron chi connectivity index (χ3n) is 6.89. The minimum Gasteiger partial charge on any atom is -0.345 e. The molecule has 0 aliphatic carbocycles. The van der Waals surface area contributed by atoms with E-state index in [1.165, 1.54) is 5.56 Å². The molecule has 0 N–H and O–H groups in total. The van der Waals surface area contributed by atoms with E-state index in [1.54, 1.807) is 27.8 Å². The van der Waals surface area contributed by atoms with Crippen LogP contribution in [0, 0.1) is 0 Å². The first kappa shape index (κ1) is 28.4. The Labute approximate surface area is 235 Å². The molecule has 1 aliphatic heterocycles. The number of hydrogen-bond donors (Lipinski definition) is 0. The molecule has 0 atom stereocenters. The number of nitrogens with zero attached hydrogens (tertiary/aromatic N) is 3. The van der Waals surface area contributed by atoms with Crippen LogP contribution in [0.25, 0.3) is 11.3 Å². The van der Waals surface area contributed by atoms with Gasteiger partial charge in [0.25, 0.3) is 0 Å². The molecule has 0 amide bonds. The van der Waals surface area contributed by atoms with E-state index >= 15 is 0 Å². The standard InChI is InChI=1S/C28H35Cl2N3O2S2/c1-17(2)20-13-23(18(3)4)27(24(14-20)19(5)6)37(34,35)33-11-9-32(10-12-33)28-31-26(16-36-28)22-8-7-21(29)15-25(22)30/h7-8,13-19H,9-12H2,1-6H3. The van der Waals surface area contributed by atoms with E-state index in [0.29, 0.717) is 47.0 Å². The van der Waals surface area contributed by atoms with Gasteiger partial charge in [-0.1, -0.05) is 76.9 Å². The number of piperazine rings is 1. The zero-order chi connectivity index (χ0) is 27.1. The maximum Gasteiger partial charge on any atom is 0.243 e. The Morgan fingerprint density at radius 3 is 1.97 bits per heavy atom. The van der Waals surface area contributed by atoms with Crippen LogP contribution in [0.5, 0.6) is 0 Å². The maximum atomic E-state index is 14.1. The minimum absolute atomic E-state index is 0.107. The van der Waals surface area contributed by atoms with Crippen molar-refractivity contribution >= 4 is 49.7 Å². The van der Waals surface area contributed by atoms with Crippen LogP contribution in [0.4, 0.5) is 5.13 Å². The second kappa shape index (κ2) is 11.2. The van der Waals surface area contributed by atoms with Gasteiger partial charge in [-0.15, -0.1) is 11.3 Å². The van der Waals surface area contributed by atoms with E-state index in [4.69, 9.17) is 28.2 Å². The Bertz CT molecular complexity index is 1350. The van der Waals surface area contributed by atoms with E-state index in [1.807, 2.05) is 11.4 Å².